The molecule has 10 heteroatoms. The number of hydrogen-bond acceptors (Lipinski definition) is 7. The maximum absolute atomic E-state index is 12.0. The Bertz CT molecular complexity index is 1520. The fourth-order valence-corrected chi connectivity index (χ4v) is 5.44. The smallest absolute Gasteiger partial charge is 0.175 e. The monoisotopic (exact) mass is 495 g/mol. The van der Waals surface area contributed by atoms with Gasteiger partial charge in [-0.25, -0.2) is 13.1 Å². The zero-order valence-electron chi connectivity index (χ0n) is 17.5. The topological polar surface area (TPSA) is 89.0 Å². The van der Waals surface area contributed by atoms with Crippen LogP contribution in [0.25, 0.3) is 26.7 Å². The first-order valence-corrected chi connectivity index (χ1v) is 13.1. The second kappa shape index (κ2) is 8.66. The second-order valence-electron chi connectivity index (χ2n) is 7.58. The lowest BCUT2D eigenvalue weighted by atomic mass is 10.2. The van der Waals surface area contributed by atoms with Crippen molar-refractivity contribution in [2.45, 2.75) is 11.3 Å². The van der Waals surface area contributed by atoms with E-state index in [9.17, 15) is 8.42 Å². The predicted octanol–water partition coefficient (Wildman–Crippen LogP) is 5.69. The van der Waals surface area contributed by atoms with Crippen LogP contribution < -0.4 is 0 Å². The number of nitrogens with zero attached hydrogens (tertiary/aromatic N) is 5. The third-order valence-electron chi connectivity index (χ3n) is 5.13. The van der Waals surface area contributed by atoms with Gasteiger partial charge in [-0.2, -0.15) is 10.2 Å². The third kappa shape index (κ3) is 4.52. The van der Waals surface area contributed by atoms with E-state index in [1.807, 2.05) is 53.2 Å². The molecule has 0 N–H and O–H groups in total. The number of aromatic nitrogens is 2. The van der Waals surface area contributed by atoms with E-state index in [-0.39, 0.29) is 0 Å². The molecule has 0 saturated carbocycles. The molecule has 0 radical (unpaired) electrons. The summed E-state index contributed by atoms with van der Waals surface area (Å²) in [6, 6.07) is 20.6. The summed E-state index contributed by atoms with van der Waals surface area (Å²) in [4.78, 5) is 2.24. The van der Waals surface area contributed by atoms with E-state index in [1.54, 1.807) is 29.5 Å². The van der Waals surface area contributed by atoms with E-state index in [2.05, 4.69) is 15.4 Å². The molecule has 0 atom stereocenters. The van der Waals surface area contributed by atoms with Crippen LogP contribution >= 0.6 is 22.9 Å². The Hall–Kier alpha value is -3.14. The summed E-state index contributed by atoms with van der Waals surface area (Å²) in [6.45, 7) is 0.480. The highest BCUT2D eigenvalue weighted by Crippen LogP contribution is 2.37. The first-order valence-electron chi connectivity index (χ1n) is 10.1. The molecule has 0 aliphatic carbocycles. The van der Waals surface area contributed by atoms with Gasteiger partial charge in [-0.1, -0.05) is 35.9 Å². The summed E-state index contributed by atoms with van der Waals surface area (Å²) in [5, 5.41) is 17.1. The fourth-order valence-electron chi connectivity index (χ4n) is 3.55. The van der Waals surface area contributed by atoms with Crippen LogP contribution in [0.3, 0.4) is 0 Å². The Morgan fingerprint density at radius 2 is 1.85 bits per heavy atom. The number of thiophene rings is 1. The molecule has 0 amide bonds. The van der Waals surface area contributed by atoms with Crippen LogP contribution in [0.1, 0.15) is 5.69 Å². The van der Waals surface area contributed by atoms with Crippen molar-refractivity contribution in [3.05, 3.63) is 77.4 Å². The molecule has 0 spiro atoms. The zero-order chi connectivity index (χ0) is 23.0. The molecule has 7 nitrogen and oxygen atoms in total. The Morgan fingerprint density at radius 1 is 1.03 bits per heavy atom. The minimum absolute atomic E-state index is 0.298. The van der Waals surface area contributed by atoms with E-state index in [4.69, 9.17) is 16.7 Å². The number of benzene rings is 2. The molecular weight excluding hydrogens is 478 g/mol. The van der Waals surface area contributed by atoms with E-state index >= 15 is 0 Å². The van der Waals surface area contributed by atoms with Crippen LogP contribution in [0.4, 0.5) is 0 Å². The number of sulfone groups is 1. The fraction of sp³-hybridized carbons (Fsp3) is 0.130. The van der Waals surface area contributed by atoms with Crippen molar-refractivity contribution in [1.82, 2.24) is 9.78 Å². The summed E-state index contributed by atoms with van der Waals surface area (Å²) < 4.78 is 25.8. The van der Waals surface area contributed by atoms with E-state index < -0.39 is 9.84 Å². The number of rotatable bonds is 6. The van der Waals surface area contributed by atoms with E-state index in [0.717, 1.165) is 38.1 Å². The average molecular weight is 496 g/mol. The van der Waals surface area contributed by atoms with Gasteiger partial charge in [0.2, 0.25) is 0 Å². The maximum atomic E-state index is 12.0. The van der Waals surface area contributed by atoms with Crippen molar-refractivity contribution < 1.29 is 8.42 Å². The molecule has 2 aromatic heterocycles. The molecule has 0 bridgehead atoms. The quantitative estimate of drug-likeness (QED) is 0.344. The van der Waals surface area contributed by atoms with Gasteiger partial charge in [-0.3, -0.25) is 0 Å². The molecule has 0 unspecified atom stereocenters. The van der Waals surface area contributed by atoms with Gasteiger partial charge < -0.3 is 0 Å². The lowest BCUT2D eigenvalue weighted by molar-refractivity contribution is 0.602. The van der Waals surface area contributed by atoms with Crippen LogP contribution in [0, 0.1) is 0 Å². The molecule has 166 valence electrons. The van der Waals surface area contributed by atoms with E-state index in [1.165, 1.54) is 6.26 Å². The lowest BCUT2D eigenvalue weighted by Crippen LogP contribution is -2.05. The Labute approximate surface area is 200 Å². The number of hydrogen-bond donors (Lipinski definition) is 0. The Morgan fingerprint density at radius 3 is 2.61 bits per heavy atom. The van der Waals surface area contributed by atoms with Crippen molar-refractivity contribution in [3.63, 3.8) is 0 Å². The molecule has 0 saturated heterocycles. The van der Waals surface area contributed by atoms with Crippen LogP contribution in [-0.2, 0) is 16.3 Å². The first kappa shape index (κ1) is 21.7. The van der Waals surface area contributed by atoms with Crippen molar-refractivity contribution in [1.29, 1.82) is 0 Å². The van der Waals surface area contributed by atoms with Crippen molar-refractivity contribution in [2.24, 2.45) is 15.4 Å². The van der Waals surface area contributed by atoms with Crippen molar-refractivity contribution in [2.75, 3.05) is 12.8 Å². The van der Waals surface area contributed by atoms with Gasteiger partial charge in [0.25, 0.3) is 0 Å². The number of halogens is 1. The molecule has 5 rings (SSSR count). The molecular formula is C23H18ClN5O2S2. The molecule has 2 aromatic carbocycles. The predicted molar refractivity (Wildman–Crippen MR) is 131 cm³/mol. The van der Waals surface area contributed by atoms with Crippen LogP contribution in [0.15, 0.2) is 87.1 Å². The van der Waals surface area contributed by atoms with Gasteiger partial charge in [0.1, 0.15) is 6.54 Å². The summed E-state index contributed by atoms with van der Waals surface area (Å²) in [7, 11) is -3.29. The summed E-state index contributed by atoms with van der Waals surface area (Å²) in [5.74, 6) is 0. The molecule has 0 fully saturated rings. The molecule has 4 aromatic rings. The third-order valence-corrected chi connectivity index (χ3v) is 7.72. The Kier molecular flexibility index (Phi) is 5.69. The van der Waals surface area contributed by atoms with Crippen LogP contribution in [0.5, 0.6) is 0 Å². The van der Waals surface area contributed by atoms with Gasteiger partial charge >= 0.3 is 0 Å². The van der Waals surface area contributed by atoms with Crippen LogP contribution in [0.2, 0.25) is 5.02 Å². The minimum atomic E-state index is -3.29. The van der Waals surface area contributed by atoms with Crippen LogP contribution in [-0.4, -0.2) is 36.7 Å². The normalized spacial score (nSPS) is 13.5. The average Bonchev–Trinajstić information content (AvgIpc) is 3.55. The van der Waals surface area contributed by atoms with E-state index in [0.29, 0.717) is 22.9 Å². The lowest BCUT2D eigenvalue weighted by Gasteiger charge is -2.08. The molecule has 1 aliphatic rings. The highest BCUT2D eigenvalue weighted by molar-refractivity contribution is 7.90. The Balaban J connectivity index is 1.57. The minimum Gasteiger partial charge on any atom is -0.230 e. The molecule has 33 heavy (non-hydrogen) atoms. The summed E-state index contributed by atoms with van der Waals surface area (Å²) in [6.07, 6.45) is 1.76. The first-order chi connectivity index (χ1) is 15.9. The maximum Gasteiger partial charge on any atom is 0.175 e. The second-order valence-corrected chi connectivity index (χ2v) is 11.1. The van der Waals surface area contributed by atoms with Crippen molar-refractivity contribution in [3.8, 4) is 26.7 Å². The number of para-hydroxylation sites is 1. The van der Waals surface area contributed by atoms with Gasteiger partial charge in [0.05, 0.1) is 37.6 Å². The summed E-state index contributed by atoms with van der Waals surface area (Å²) in [5.41, 5.74) is 4.21. The largest absolute Gasteiger partial charge is 0.230 e. The highest BCUT2D eigenvalue weighted by atomic mass is 35.5. The molecule has 3 heterocycles. The molecule has 1 aliphatic heterocycles. The van der Waals surface area contributed by atoms with Gasteiger partial charge in [-0.05, 0) is 53.3 Å². The summed E-state index contributed by atoms with van der Waals surface area (Å²) >= 11 is 8.05. The standard InChI is InChI=1S/C23H18ClN5O2S2/c1-33(30,31)18-6-4-5-15(11-18)22-9-10-23(32-22)21-13-16(12-17-14-25-28-26-17)27-29(21)20-8-3-2-7-19(20)24/h2-11,13H,12,14H2,1H3. The van der Waals surface area contributed by atoms with Crippen molar-refractivity contribution >= 4 is 38.5 Å². The van der Waals surface area contributed by atoms with Gasteiger partial charge in [0.15, 0.2) is 9.84 Å². The van der Waals surface area contributed by atoms with Gasteiger partial charge in [-0.15, -0.1) is 16.4 Å². The highest BCUT2D eigenvalue weighted by Gasteiger charge is 2.18. The SMILES string of the molecule is CS(=O)(=O)c1cccc(-c2ccc(-c3cc(CC4=NN=NC4)nn3-c3ccccc3Cl)s2)c1. The zero-order valence-corrected chi connectivity index (χ0v) is 19.9. The van der Waals surface area contributed by atoms with Gasteiger partial charge in [0, 0.05) is 17.6 Å².